The van der Waals surface area contributed by atoms with Gasteiger partial charge in [0.25, 0.3) is 0 Å². The van der Waals surface area contributed by atoms with Gasteiger partial charge in [-0.25, -0.2) is 0 Å². The molecule has 6 nitrogen and oxygen atoms in total. The Bertz CT molecular complexity index is 717. The summed E-state index contributed by atoms with van der Waals surface area (Å²) in [5.41, 5.74) is 2.28. The number of hydrogen-bond donors (Lipinski definition) is 0. The Hall–Kier alpha value is -2.37. The number of amides is 3. The van der Waals surface area contributed by atoms with E-state index in [2.05, 4.69) is 6.07 Å². The highest BCUT2D eigenvalue weighted by molar-refractivity contribution is 6.05. The van der Waals surface area contributed by atoms with Crippen molar-refractivity contribution in [2.45, 2.75) is 46.0 Å². The van der Waals surface area contributed by atoms with Crippen molar-refractivity contribution in [3.63, 3.8) is 0 Å². The molecule has 0 bridgehead atoms. The maximum absolute atomic E-state index is 12.5. The molecule has 6 heteroatoms. The normalized spacial score (nSPS) is 21.6. The average Bonchev–Trinajstić information content (AvgIpc) is 2.90. The highest BCUT2D eigenvalue weighted by atomic mass is 16.5. The summed E-state index contributed by atoms with van der Waals surface area (Å²) < 4.78 is 5.75. The van der Waals surface area contributed by atoms with Crippen molar-refractivity contribution in [1.82, 2.24) is 9.80 Å². The fraction of sp³-hybridized carbons (Fsp3) is 0.591. The Labute approximate surface area is 166 Å². The van der Waals surface area contributed by atoms with Gasteiger partial charge in [0.2, 0.25) is 17.7 Å². The summed E-state index contributed by atoms with van der Waals surface area (Å²) in [5, 5.41) is 0. The Morgan fingerprint density at radius 3 is 2.21 bits per heavy atom. The number of fused-ring (bicyclic) bond motifs is 1. The van der Waals surface area contributed by atoms with Crippen molar-refractivity contribution in [2.24, 2.45) is 11.8 Å². The minimum absolute atomic E-state index is 0.0803. The summed E-state index contributed by atoms with van der Waals surface area (Å²) in [4.78, 5) is 40.3. The zero-order valence-electron chi connectivity index (χ0n) is 17.1. The van der Waals surface area contributed by atoms with Crippen LogP contribution in [-0.2, 0) is 14.4 Å². The lowest BCUT2D eigenvalue weighted by atomic mass is 9.81. The number of benzene rings is 1. The second kappa shape index (κ2) is 8.76. The van der Waals surface area contributed by atoms with Gasteiger partial charge in [0.15, 0.2) is 0 Å². The lowest BCUT2D eigenvalue weighted by Gasteiger charge is -2.20. The highest BCUT2D eigenvalue weighted by Crippen LogP contribution is 2.37. The van der Waals surface area contributed by atoms with E-state index < -0.39 is 0 Å². The van der Waals surface area contributed by atoms with E-state index in [1.54, 1.807) is 11.9 Å². The molecular formula is C22H30N2O4. The van der Waals surface area contributed by atoms with Gasteiger partial charge in [0, 0.05) is 20.0 Å². The van der Waals surface area contributed by atoms with E-state index in [4.69, 9.17) is 4.74 Å². The van der Waals surface area contributed by atoms with Gasteiger partial charge in [-0.1, -0.05) is 18.9 Å². The molecule has 0 radical (unpaired) electrons. The average molecular weight is 386 g/mol. The molecule has 1 saturated carbocycles. The number of nitrogens with zero attached hydrogens (tertiary/aromatic N) is 2. The summed E-state index contributed by atoms with van der Waals surface area (Å²) in [6, 6.07) is 6.03. The summed E-state index contributed by atoms with van der Waals surface area (Å²) >= 11 is 0. The molecule has 0 unspecified atom stereocenters. The molecule has 1 aromatic carbocycles. The smallest absolute Gasteiger partial charge is 0.233 e. The van der Waals surface area contributed by atoms with Crippen LogP contribution in [0.2, 0.25) is 0 Å². The summed E-state index contributed by atoms with van der Waals surface area (Å²) in [6.07, 6.45) is 3.79. The van der Waals surface area contributed by atoms with Crippen LogP contribution in [0.25, 0.3) is 0 Å². The van der Waals surface area contributed by atoms with Gasteiger partial charge >= 0.3 is 0 Å². The summed E-state index contributed by atoms with van der Waals surface area (Å²) in [5.74, 6) is 0.251. The fourth-order valence-corrected chi connectivity index (χ4v) is 4.29. The number of likely N-dealkylation sites (N-methyl/N-ethyl adjacent to an activating group) is 1. The van der Waals surface area contributed by atoms with Crippen molar-refractivity contribution < 1.29 is 19.1 Å². The van der Waals surface area contributed by atoms with Gasteiger partial charge in [-0.3, -0.25) is 19.3 Å². The molecule has 0 N–H and O–H groups in total. The van der Waals surface area contributed by atoms with Gasteiger partial charge in [0.05, 0.1) is 18.4 Å². The Kier molecular flexibility index (Phi) is 6.37. The van der Waals surface area contributed by atoms with Gasteiger partial charge in [-0.05, 0) is 49.9 Å². The van der Waals surface area contributed by atoms with Crippen LogP contribution in [-0.4, -0.2) is 54.3 Å². The first-order valence-corrected chi connectivity index (χ1v) is 10.2. The number of ether oxygens (including phenoxy) is 1. The third kappa shape index (κ3) is 4.54. The quantitative estimate of drug-likeness (QED) is 0.676. The molecule has 3 amide bonds. The zero-order valence-corrected chi connectivity index (χ0v) is 17.1. The molecule has 152 valence electrons. The number of rotatable bonds is 7. The van der Waals surface area contributed by atoms with Crippen molar-refractivity contribution in [1.29, 1.82) is 0 Å². The number of aryl methyl sites for hydroxylation is 2. The Balaban J connectivity index is 1.44. The third-order valence-electron chi connectivity index (χ3n) is 5.80. The highest BCUT2D eigenvalue weighted by Gasteiger charge is 2.47. The molecule has 1 aliphatic carbocycles. The van der Waals surface area contributed by atoms with Crippen LogP contribution in [0.1, 0.15) is 43.2 Å². The van der Waals surface area contributed by atoms with Crippen LogP contribution in [0.3, 0.4) is 0 Å². The molecule has 2 fully saturated rings. The van der Waals surface area contributed by atoms with Crippen LogP contribution in [0.4, 0.5) is 0 Å². The van der Waals surface area contributed by atoms with Gasteiger partial charge in [-0.15, -0.1) is 0 Å². The fourth-order valence-electron chi connectivity index (χ4n) is 4.29. The molecule has 3 rings (SSSR count). The van der Waals surface area contributed by atoms with Crippen molar-refractivity contribution >= 4 is 17.7 Å². The number of imide groups is 1. The molecule has 28 heavy (non-hydrogen) atoms. The first kappa shape index (κ1) is 20.4. The molecule has 2 aliphatic rings. The van der Waals surface area contributed by atoms with E-state index in [0.29, 0.717) is 13.2 Å². The SMILES string of the molecule is Cc1cc(C)cc(OCCN(C)C(=O)CCN2C(=O)[C@@H]3CCCC[C@H]3C2=O)c1. The van der Waals surface area contributed by atoms with Crippen molar-refractivity contribution in [2.75, 3.05) is 26.7 Å². The summed E-state index contributed by atoms with van der Waals surface area (Å²) in [7, 11) is 1.72. The first-order chi connectivity index (χ1) is 13.4. The van der Waals surface area contributed by atoms with E-state index in [0.717, 1.165) is 42.6 Å². The number of hydrogen-bond acceptors (Lipinski definition) is 4. The maximum atomic E-state index is 12.5. The van der Waals surface area contributed by atoms with Crippen molar-refractivity contribution in [3.05, 3.63) is 29.3 Å². The minimum Gasteiger partial charge on any atom is -0.492 e. The van der Waals surface area contributed by atoms with E-state index in [1.807, 2.05) is 26.0 Å². The summed E-state index contributed by atoms with van der Waals surface area (Å²) in [6.45, 7) is 5.08. The monoisotopic (exact) mass is 386 g/mol. The molecular weight excluding hydrogens is 356 g/mol. The zero-order chi connectivity index (χ0) is 20.3. The number of carbonyl (C=O) groups is 3. The Morgan fingerprint density at radius 2 is 1.64 bits per heavy atom. The molecule has 0 aromatic heterocycles. The van der Waals surface area contributed by atoms with Crippen molar-refractivity contribution in [3.8, 4) is 5.75 Å². The molecule has 0 spiro atoms. The molecule has 2 atom stereocenters. The lowest BCUT2D eigenvalue weighted by molar-refractivity contribution is -0.140. The van der Waals surface area contributed by atoms with E-state index in [-0.39, 0.29) is 42.5 Å². The lowest BCUT2D eigenvalue weighted by Crippen LogP contribution is -2.37. The number of carbonyl (C=O) groups excluding carboxylic acids is 3. The first-order valence-electron chi connectivity index (χ1n) is 10.2. The van der Waals surface area contributed by atoms with Crippen LogP contribution in [0.15, 0.2) is 18.2 Å². The maximum Gasteiger partial charge on any atom is 0.233 e. The Morgan fingerprint density at radius 1 is 1.07 bits per heavy atom. The predicted octanol–water partition coefficient (Wildman–Crippen LogP) is 2.71. The second-order valence-corrected chi connectivity index (χ2v) is 8.06. The predicted molar refractivity (Wildman–Crippen MR) is 106 cm³/mol. The second-order valence-electron chi connectivity index (χ2n) is 8.06. The van der Waals surface area contributed by atoms with Crippen LogP contribution in [0.5, 0.6) is 5.75 Å². The van der Waals surface area contributed by atoms with E-state index in [1.165, 1.54) is 4.90 Å². The van der Waals surface area contributed by atoms with Gasteiger partial charge in [-0.2, -0.15) is 0 Å². The third-order valence-corrected chi connectivity index (χ3v) is 5.80. The van der Waals surface area contributed by atoms with Crippen LogP contribution in [0, 0.1) is 25.7 Å². The van der Waals surface area contributed by atoms with Gasteiger partial charge in [0.1, 0.15) is 12.4 Å². The number of likely N-dealkylation sites (tertiary alicyclic amines) is 1. The molecule has 1 aromatic rings. The largest absolute Gasteiger partial charge is 0.492 e. The van der Waals surface area contributed by atoms with E-state index in [9.17, 15) is 14.4 Å². The van der Waals surface area contributed by atoms with Crippen LogP contribution < -0.4 is 4.74 Å². The minimum atomic E-state index is -0.153. The van der Waals surface area contributed by atoms with Crippen LogP contribution >= 0.6 is 0 Å². The van der Waals surface area contributed by atoms with Gasteiger partial charge < -0.3 is 9.64 Å². The molecule has 1 saturated heterocycles. The molecule has 1 heterocycles. The molecule has 1 aliphatic heterocycles. The standard InChI is InChI=1S/C22H30N2O4/c1-15-12-16(2)14-17(13-15)28-11-10-23(3)20(25)8-9-24-21(26)18-6-4-5-7-19(18)22(24)27/h12-14,18-19H,4-11H2,1-3H3/t18-,19-/m1/s1. The van der Waals surface area contributed by atoms with E-state index >= 15 is 0 Å². The topological polar surface area (TPSA) is 66.9 Å².